The van der Waals surface area contributed by atoms with Crippen molar-refractivity contribution in [3.8, 4) is 11.1 Å². The van der Waals surface area contributed by atoms with Crippen molar-refractivity contribution >= 4 is 35.1 Å². The molecule has 1 amide bonds. The molecule has 1 saturated heterocycles. The van der Waals surface area contributed by atoms with Gasteiger partial charge < -0.3 is 10.0 Å². The monoisotopic (exact) mass is 459 g/mol. The third kappa shape index (κ3) is 3.96. The number of halogens is 2. The third-order valence-corrected chi connectivity index (χ3v) is 7.54. The van der Waals surface area contributed by atoms with Crippen LogP contribution in [0.1, 0.15) is 57.4 Å². The van der Waals surface area contributed by atoms with Gasteiger partial charge >= 0.3 is 5.97 Å². The molecular weight excluding hydrogens is 433 g/mol. The molecule has 6 heteroatoms. The molecular formula is C25H27Cl2NO3. The van der Waals surface area contributed by atoms with Gasteiger partial charge in [-0.3, -0.25) is 9.59 Å². The van der Waals surface area contributed by atoms with Gasteiger partial charge in [-0.1, -0.05) is 67.2 Å². The SMILES string of the molecule is CC1(CC(=O)O)CCCN(C2(c3cccc(Cl)c3-c3cccc(Cl)c3)CCCC2)C1=O. The lowest BCUT2D eigenvalue weighted by molar-refractivity contribution is -0.159. The Morgan fingerprint density at radius 1 is 1.06 bits per heavy atom. The minimum atomic E-state index is -0.930. The molecule has 1 unspecified atom stereocenters. The van der Waals surface area contributed by atoms with Crippen molar-refractivity contribution in [3.05, 3.63) is 58.1 Å². The molecule has 1 atom stereocenters. The first-order chi connectivity index (χ1) is 14.8. The molecule has 1 aliphatic carbocycles. The van der Waals surface area contributed by atoms with Gasteiger partial charge in [0.1, 0.15) is 0 Å². The molecule has 1 N–H and O–H groups in total. The van der Waals surface area contributed by atoms with Gasteiger partial charge in [0.2, 0.25) is 5.91 Å². The van der Waals surface area contributed by atoms with E-state index in [2.05, 4.69) is 6.07 Å². The standard InChI is InChI=1S/C25H27Cl2NO3/c1-24(16-21(29)30)11-6-14-28(23(24)31)25(12-2-3-13-25)19-9-5-10-20(27)22(19)17-7-4-8-18(26)15-17/h4-5,7-10,15H,2-3,6,11-14,16H2,1H3,(H,29,30). The van der Waals surface area contributed by atoms with Gasteiger partial charge in [0.05, 0.1) is 17.4 Å². The Morgan fingerprint density at radius 3 is 2.45 bits per heavy atom. The summed E-state index contributed by atoms with van der Waals surface area (Å²) < 4.78 is 0. The van der Waals surface area contributed by atoms with Gasteiger partial charge in [-0.25, -0.2) is 0 Å². The fourth-order valence-corrected chi connectivity index (χ4v) is 6.04. The first-order valence-corrected chi connectivity index (χ1v) is 11.6. The molecule has 4 rings (SSSR count). The number of benzene rings is 2. The van der Waals surface area contributed by atoms with Crippen LogP contribution in [0.5, 0.6) is 0 Å². The summed E-state index contributed by atoms with van der Waals surface area (Å²) in [6.45, 7) is 2.43. The smallest absolute Gasteiger partial charge is 0.304 e. The van der Waals surface area contributed by atoms with Crippen LogP contribution >= 0.6 is 23.2 Å². The van der Waals surface area contributed by atoms with Crippen LogP contribution < -0.4 is 0 Å². The summed E-state index contributed by atoms with van der Waals surface area (Å²) in [6, 6.07) is 13.5. The van der Waals surface area contributed by atoms with Gasteiger partial charge in [0.25, 0.3) is 0 Å². The molecule has 2 aliphatic rings. The Morgan fingerprint density at radius 2 is 1.77 bits per heavy atom. The maximum Gasteiger partial charge on any atom is 0.304 e. The second-order valence-electron chi connectivity index (χ2n) is 9.10. The van der Waals surface area contributed by atoms with Crippen molar-refractivity contribution in [2.24, 2.45) is 5.41 Å². The summed E-state index contributed by atoms with van der Waals surface area (Å²) in [4.78, 5) is 27.2. The van der Waals surface area contributed by atoms with Crippen LogP contribution in [0.3, 0.4) is 0 Å². The van der Waals surface area contributed by atoms with Crippen LogP contribution in [-0.4, -0.2) is 28.4 Å². The lowest BCUT2D eigenvalue weighted by atomic mass is 9.73. The van der Waals surface area contributed by atoms with Gasteiger partial charge in [-0.2, -0.15) is 0 Å². The fourth-order valence-electron chi connectivity index (χ4n) is 5.56. The largest absolute Gasteiger partial charge is 0.481 e. The van der Waals surface area contributed by atoms with E-state index in [1.54, 1.807) is 6.92 Å². The van der Waals surface area contributed by atoms with Crippen molar-refractivity contribution in [1.29, 1.82) is 0 Å². The first-order valence-electron chi connectivity index (χ1n) is 10.9. The maximum absolute atomic E-state index is 13.7. The lowest BCUT2D eigenvalue weighted by Crippen LogP contribution is -2.56. The first kappa shape index (κ1) is 22.2. The predicted octanol–water partition coefficient (Wildman–Crippen LogP) is 6.53. The van der Waals surface area contributed by atoms with E-state index in [0.717, 1.165) is 48.8 Å². The van der Waals surface area contributed by atoms with Crippen molar-refractivity contribution in [2.45, 2.75) is 57.4 Å². The van der Waals surface area contributed by atoms with Crippen LogP contribution in [0.25, 0.3) is 11.1 Å². The highest BCUT2D eigenvalue weighted by Crippen LogP contribution is 2.52. The van der Waals surface area contributed by atoms with E-state index in [4.69, 9.17) is 23.2 Å². The molecule has 31 heavy (non-hydrogen) atoms. The molecule has 2 fully saturated rings. The van der Waals surface area contributed by atoms with E-state index >= 15 is 0 Å². The lowest BCUT2D eigenvalue weighted by Gasteiger charge is -2.49. The van der Waals surface area contributed by atoms with E-state index in [0.29, 0.717) is 23.0 Å². The highest BCUT2D eigenvalue weighted by molar-refractivity contribution is 6.34. The van der Waals surface area contributed by atoms with Crippen LogP contribution in [0, 0.1) is 5.41 Å². The number of piperidine rings is 1. The van der Waals surface area contributed by atoms with E-state index in [9.17, 15) is 14.7 Å². The second-order valence-corrected chi connectivity index (χ2v) is 9.95. The van der Waals surface area contributed by atoms with E-state index < -0.39 is 16.9 Å². The number of carboxylic acids is 1. The van der Waals surface area contributed by atoms with Gasteiger partial charge in [0.15, 0.2) is 0 Å². The molecule has 164 valence electrons. The van der Waals surface area contributed by atoms with E-state index in [-0.39, 0.29) is 12.3 Å². The van der Waals surface area contributed by atoms with Gasteiger partial charge in [-0.15, -0.1) is 0 Å². The van der Waals surface area contributed by atoms with E-state index in [1.807, 2.05) is 41.3 Å². The summed E-state index contributed by atoms with van der Waals surface area (Å²) in [5.41, 5.74) is 1.51. The van der Waals surface area contributed by atoms with Gasteiger partial charge in [0, 0.05) is 22.2 Å². The Hall–Kier alpha value is -2.04. The van der Waals surface area contributed by atoms with Crippen molar-refractivity contribution < 1.29 is 14.7 Å². The molecule has 0 aromatic heterocycles. The van der Waals surface area contributed by atoms with Crippen LogP contribution in [0.2, 0.25) is 10.0 Å². The number of hydrogen-bond acceptors (Lipinski definition) is 2. The van der Waals surface area contributed by atoms with Crippen molar-refractivity contribution in [3.63, 3.8) is 0 Å². The Balaban J connectivity index is 1.86. The number of rotatable bonds is 5. The zero-order chi connectivity index (χ0) is 22.2. The Labute approximate surface area is 193 Å². The molecule has 0 radical (unpaired) electrons. The van der Waals surface area contributed by atoms with Crippen LogP contribution in [0.4, 0.5) is 0 Å². The second kappa shape index (κ2) is 8.48. The summed E-state index contributed by atoms with van der Waals surface area (Å²) >= 11 is 13.0. The molecule has 1 heterocycles. The molecule has 0 bridgehead atoms. The minimum absolute atomic E-state index is 0.0555. The van der Waals surface area contributed by atoms with E-state index in [1.165, 1.54) is 0 Å². The molecule has 0 spiro atoms. The topological polar surface area (TPSA) is 57.6 Å². The zero-order valence-electron chi connectivity index (χ0n) is 17.7. The number of carbonyl (C=O) groups is 2. The van der Waals surface area contributed by atoms with Gasteiger partial charge in [-0.05, 0) is 55.0 Å². The highest BCUT2D eigenvalue weighted by atomic mass is 35.5. The highest BCUT2D eigenvalue weighted by Gasteiger charge is 2.51. The number of nitrogens with zero attached hydrogens (tertiary/aromatic N) is 1. The maximum atomic E-state index is 13.7. The number of hydrogen-bond donors (Lipinski definition) is 1. The molecule has 2 aromatic rings. The number of likely N-dealkylation sites (tertiary alicyclic amines) is 1. The summed E-state index contributed by atoms with van der Waals surface area (Å²) in [6.07, 6.45) is 4.97. The molecule has 1 aliphatic heterocycles. The molecule has 1 saturated carbocycles. The average Bonchev–Trinajstić information content (AvgIpc) is 3.20. The van der Waals surface area contributed by atoms with Crippen LogP contribution in [-0.2, 0) is 15.1 Å². The third-order valence-electron chi connectivity index (χ3n) is 6.99. The Kier molecular flexibility index (Phi) is 6.06. The van der Waals surface area contributed by atoms with Crippen molar-refractivity contribution in [1.82, 2.24) is 4.90 Å². The number of carboxylic acid groups (broad SMARTS) is 1. The average molecular weight is 460 g/mol. The summed E-state index contributed by atoms with van der Waals surface area (Å²) in [7, 11) is 0. The molecule has 2 aromatic carbocycles. The normalized spacial score (nSPS) is 23.2. The predicted molar refractivity (Wildman–Crippen MR) is 123 cm³/mol. The number of amides is 1. The van der Waals surface area contributed by atoms with Crippen LogP contribution in [0.15, 0.2) is 42.5 Å². The number of aliphatic carboxylic acids is 1. The fraction of sp³-hybridized carbons (Fsp3) is 0.440. The quantitative estimate of drug-likeness (QED) is 0.552. The molecule has 4 nitrogen and oxygen atoms in total. The Bertz CT molecular complexity index is 1020. The zero-order valence-corrected chi connectivity index (χ0v) is 19.2. The summed E-state index contributed by atoms with van der Waals surface area (Å²) in [5, 5.41) is 10.7. The minimum Gasteiger partial charge on any atom is -0.481 e. The van der Waals surface area contributed by atoms with Crippen molar-refractivity contribution in [2.75, 3.05) is 6.54 Å². The summed E-state index contributed by atoms with van der Waals surface area (Å²) in [5.74, 6) is -0.986. The number of carbonyl (C=O) groups excluding carboxylic acids is 1.